The van der Waals surface area contributed by atoms with Gasteiger partial charge in [0, 0.05) is 37.2 Å². The van der Waals surface area contributed by atoms with Crippen molar-refractivity contribution >= 4 is 11.7 Å². The zero-order valence-electron chi connectivity index (χ0n) is 21.6. The Hall–Kier alpha value is -3.65. The molecule has 2 aromatic rings. The van der Waals surface area contributed by atoms with Crippen LogP contribution in [0.15, 0.2) is 36.9 Å². The van der Waals surface area contributed by atoms with Gasteiger partial charge in [0.15, 0.2) is 5.82 Å². The number of ether oxygens (including phenoxy) is 1. The van der Waals surface area contributed by atoms with E-state index in [1.165, 1.54) is 57.3 Å². The Morgan fingerprint density at radius 3 is 2.39 bits per heavy atom. The highest BCUT2D eigenvalue weighted by molar-refractivity contribution is 5.87. The van der Waals surface area contributed by atoms with Gasteiger partial charge in [-0.05, 0) is 51.5 Å². The quantitative estimate of drug-likeness (QED) is 0.555. The van der Waals surface area contributed by atoms with Gasteiger partial charge >= 0.3 is 12.2 Å². The van der Waals surface area contributed by atoms with Crippen LogP contribution in [0.4, 0.5) is 19.0 Å². The van der Waals surface area contributed by atoms with Crippen molar-refractivity contribution in [2.24, 2.45) is 5.41 Å². The van der Waals surface area contributed by atoms with Crippen molar-refractivity contribution in [3.63, 3.8) is 0 Å². The molecule has 202 valence electrons. The molecule has 1 aromatic heterocycles. The predicted octanol–water partition coefficient (Wildman–Crippen LogP) is 3.98. The molecular formula is C27H31F3N6O2. The fourth-order valence-corrected chi connectivity index (χ4v) is 5.28. The third-order valence-corrected chi connectivity index (χ3v) is 7.26. The first-order valence-corrected chi connectivity index (χ1v) is 12.5. The van der Waals surface area contributed by atoms with Crippen LogP contribution >= 0.6 is 0 Å². The van der Waals surface area contributed by atoms with Crippen molar-refractivity contribution in [2.75, 3.05) is 58.3 Å². The molecule has 3 fully saturated rings. The molecule has 0 radical (unpaired) electrons. The molecule has 1 spiro atoms. The molecule has 3 aliphatic heterocycles. The van der Waals surface area contributed by atoms with Crippen molar-refractivity contribution in [1.82, 2.24) is 19.8 Å². The molecule has 3 aliphatic rings. The first-order chi connectivity index (χ1) is 18.1. The largest absolute Gasteiger partial charge is 0.467 e. The molecule has 8 nitrogen and oxygen atoms in total. The summed E-state index contributed by atoms with van der Waals surface area (Å²) in [4.78, 5) is 26.1. The molecule has 1 aromatic carbocycles. The van der Waals surface area contributed by atoms with Crippen LogP contribution in [0.1, 0.15) is 30.4 Å². The molecule has 4 heterocycles. The minimum atomic E-state index is -4.62. The van der Waals surface area contributed by atoms with Crippen LogP contribution in [0.2, 0.25) is 0 Å². The fourth-order valence-electron chi connectivity index (χ4n) is 5.28. The number of halogens is 3. The second-order valence-corrected chi connectivity index (χ2v) is 9.99. The maximum atomic E-state index is 13.6. The summed E-state index contributed by atoms with van der Waals surface area (Å²) in [5, 5.41) is 9.88. The topological polar surface area (TPSA) is 85.6 Å². The van der Waals surface area contributed by atoms with E-state index in [1.54, 1.807) is 4.90 Å². The van der Waals surface area contributed by atoms with Crippen molar-refractivity contribution < 1.29 is 22.7 Å². The second-order valence-electron chi connectivity index (χ2n) is 9.99. The lowest BCUT2D eigenvalue weighted by atomic mass is 9.79. The summed E-state index contributed by atoms with van der Waals surface area (Å²) in [7, 11) is 3.49. The van der Waals surface area contributed by atoms with Gasteiger partial charge < -0.3 is 19.4 Å². The smallest absolute Gasteiger partial charge is 0.417 e. The van der Waals surface area contributed by atoms with Gasteiger partial charge in [0.1, 0.15) is 11.6 Å². The van der Waals surface area contributed by atoms with E-state index in [9.17, 15) is 23.2 Å². The summed E-state index contributed by atoms with van der Waals surface area (Å²) < 4.78 is 46.1. The molecule has 0 aliphatic carbocycles. The average Bonchev–Trinajstić information content (AvgIpc) is 3.56. The van der Waals surface area contributed by atoms with Gasteiger partial charge in [-0.15, -0.1) is 0 Å². The monoisotopic (exact) mass is 528 g/mol. The number of anilines is 1. The van der Waals surface area contributed by atoms with E-state index < -0.39 is 11.7 Å². The summed E-state index contributed by atoms with van der Waals surface area (Å²) in [6.07, 6.45) is 0.242. The highest BCUT2D eigenvalue weighted by atomic mass is 19.4. The van der Waals surface area contributed by atoms with E-state index in [4.69, 9.17) is 4.74 Å². The van der Waals surface area contributed by atoms with Gasteiger partial charge in [0.05, 0.1) is 18.4 Å². The lowest BCUT2D eigenvalue weighted by Gasteiger charge is -2.47. The zero-order valence-corrected chi connectivity index (χ0v) is 21.6. The van der Waals surface area contributed by atoms with Crippen molar-refractivity contribution in [2.45, 2.75) is 25.4 Å². The minimum Gasteiger partial charge on any atom is -0.467 e. The molecule has 3 saturated heterocycles. The molecule has 11 heteroatoms. The van der Waals surface area contributed by atoms with Crippen molar-refractivity contribution in [3.05, 3.63) is 48.0 Å². The van der Waals surface area contributed by atoms with Gasteiger partial charge in [-0.1, -0.05) is 24.8 Å². The van der Waals surface area contributed by atoms with Crippen LogP contribution in [0, 0.1) is 16.7 Å². The van der Waals surface area contributed by atoms with Crippen molar-refractivity contribution in [3.8, 4) is 23.3 Å². The number of benzene rings is 1. The van der Waals surface area contributed by atoms with Crippen LogP contribution in [-0.4, -0.2) is 79.1 Å². The van der Waals surface area contributed by atoms with Crippen LogP contribution in [-0.2, 0) is 11.0 Å². The SMILES string of the molecule is C=CC(=O)N1CC2(CCN(c3nc(OC)nc(-c4ccccc4C(F)(F)F)c3C#N)C2)C1.CN1CCCC1. The molecule has 0 unspecified atom stereocenters. The summed E-state index contributed by atoms with van der Waals surface area (Å²) in [6.45, 7) is 8.32. The fraction of sp³-hybridized carbons (Fsp3) is 0.481. The number of rotatable bonds is 4. The molecule has 1 amide bonds. The number of hydrogen-bond donors (Lipinski definition) is 0. The Morgan fingerprint density at radius 1 is 1.16 bits per heavy atom. The maximum Gasteiger partial charge on any atom is 0.417 e. The summed E-state index contributed by atoms with van der Waals surface area (Å²) in [5.74, 6) is 0.0956. The number of amides is 1. The summed E-state index contributed by atoms with van der Waals surface area (Å²) >= 11 is 0. The first kappa shape index (κ1) is 27.4. The minimum absolute atomic E-state index is 0.0436. The number of nitrogens with zero attached hydrogens (tertiary/aromatic N) is 6. The molecule has 0 bridgehead atoms. The van der Waals surface area contributed by atoms with Gasteiger partial charge in [0.25, 0.3) is 0 Å². The van der Waals surface area contributed by atoms with E-state index in [2.05, 4.69) is 28.5 Å². The lowest BCUT2D eigenvalue weighted by molar-refractivity contribution is -0.137. The molecular weight excluding hydrogens is 497 g/mol. The van der Waals surface area contributed by atoms with E-state index in [1.807, 2.05) is 11.0 Å². The van der Waals surface area contributed by atoms with Crippen LogP contribution in [0.5, 0.6) is 6.01 Å². The van der Waals surface area contributed by atoms with Crippen LogP contribution < -0.4 is 9.64 Å². The Kier molecular flexibility index (Phi) is 7.92. The number of nitriles is 1. The Bertz CT molecular complexity index is 1230. The predicted molar refractivity (Wildman–Crippen MR) is 137 cm³/mol. The normalized spacial score (nSPS) is 18.4. The highest BCUT2D eigenvalue weighted by Crippen LogP contribution is 2.44. The Balaban J connectivity index is 0.000000494. The van der Waals surface area contributed by atoms with E-state index >= 15 is 0 Å². The van der Waals surface area contributed by atoms with Gasteiger partial charge in [0.2, 0.25) is 5.91 Å². The van der Waals surface area contributed by atoms with Crippen LogP contribution in [0.3, 0.4) is 0 Å². The first-order valence-electron chi connectivity index (χ1n) is 12.5. The average molecular weight is 529 g/mol. The maximum absolute atomic E-state index is 13.6. The second kappa shape index (κ2) is 11.0. The number of methoxy groups -OCH3 is 1. The van der Waals surface area contributed by atoms with Crippen LogP contribution in [0.25, 0.3) is 11.3 Å². The highest BCUT2D eigenvalue weighted by Gasteiger charge is 2.49. The van der Waals surface area contributed by atoms with E-state index in [-0.39, 0.29) is 40.0 Å². The van der Waals surface area contributed by atoms with Gasteiger partial charge in [-0.3, -0.25) is 4.79 Å². The number of hydrogen-bond acceptors (Lipinski definition) is 7. The number of alkyl halides is 3. The van der Waals surface area contributed by atoms with Gasteiger partial charge in [-0.2, -0.15) is 28.4 Å². The molecule has 0 saturated carbocycles. The lowest BCUT2D eigenvalue weighted by Crippen LogP contribution is -2.59. The van der Waals surface area contributed by atoms with Gasteiger partial charge in [-0.25, -0.2) is 0 Å². The zero-order chi connectivity index (χ0) is 27.5. The Morgan fingerprint density at radius 2 is 1.84 bits per heavy atom. The standard InChI is InChI=1S/C22H20F3N5O2.C5H11N/c1-3-17(31)30-12-21(13-30)8-9-29(11-21)19-15(10-26)18(27-20(28-19)32-2)14-6-4-5-7-16(14)22(23,24)25;1-6-4-2-3-5-6/h3-7H,1,8-9,11-13H2,2H3;2-5H2,1H3. The Labute approximate surface area is 220 Å². The molecule has 0 N–H and O–H groups in total. The number of carbonyl (C=O) groups is 1. The van der Waals surface area contributed by atoms with E-state index in [0.29, 0.717) is 26.2 Å². The van der Waals surface area contributed by atoms with E-state index in [0.717, 1.165) is 12.5 Å². The molecule has 38 heavy (non-hydrogen) atoms. The molecule has 0 atom stereocenters. The third kappa shape index (κ3) is 5.60. The summed E-state index contributed by atoms with van der Waals surface area (Å²) in [6, 6.07) is 6.87. The third-order valence-electron chi connectivity index (χ3n) is 7.26. The van der Waals surface area contributed by atoms with Crippen molar-refractivity contribution in [1.29, 1.82) is 5.26 Å². The number of aromatic nitrogens is 2. The molecule has 5 rings (SSSR count). The summed E-state index contributed by atoms with van der Waals surface area (Å²) in [5.41, 5.74) is -1.41. The number of carbonyl (C=O) groups excluding carboxylic acids is 1. The number of likely N-dealkylation sites (tertiary alicyclic amines) is 2.